The van der Waals surface area contributed by atoms with Crippen LogP contribution in [0.2, 0.25) is 0 Å². The summed E-state index contributed by atoms with van der Waals surface area (Å²) in [5.74, 6) is 0.719. The predicted octanol–water partition coefficient (Wildman–Crippen LogP) is 4.18. The highest BCUT2D eigenvalue weighted by Crippen LogP contribution is 2.32. The van der Waals surface area contributed by atoms with E-state index in [0.29, 0.717) is 5.56 Å². The highest BCUT2D eigenvalue weighted by Gasteiger charge is 2.35. The summed E-state index contributed by atoms with van der Waals surface area (Å²) in [6, 6.07) is 16.5. The zero-order valence-electron chi connectivity index (χ0n) is 22.5. The van der Waals surface area contributed by atoms with Crippen LogP contribution in [0.15, 0.2) is 53.3 Å². The third-order valence-corrected chi connectivity index (χ3v) is 8.07. The van der Waals surface area contributed by atoms with E-state index in [4.69, 9.17) is 0 Å². The van der Waals surface area contributed by atoms with Gasteiger partial charge in [0.2, 0.25) is 0 Å². The predicted molar refractivity (Wildman–Crippen MR) is 147 cm³/mol. The summed E-state index contributed by atoms with van der Waals surface area (Å²) in [5, 5.41) is 14.0. The summed E-state index contributed by atoms with van der Waals surface area (Å²) in [5.41, 5.74) is 4.81. The van der Waals surface area contributed by atoms with Crippen molar-refractivity contribution in [3.05, 3.63) is 87.0 Å². The van der Waals surface area contributed by atoms with Crippen molar-refractivity contribution in [1.82, 2.24) is 35.0 Å². The number of piperazine rings is 1. The third kappa shape index (κ3) is 4.95. The van der Waals surface area contributed by atoms with Crippen LogP contribution < -0.4 is 5.56 Å². The van der Waals surface area contributed by atoms with Crippen molar-refractivity contribution in [2.45, 2.75) is 59.2 Å². The van der Waals surface area contributed by atoms with Crippen LogP contribution in [-0.2, 0) is 12.1 Å². The van der Waals surface area contributed by atoms with Crippen LogP contribution in [0.5, 0.6) is 0 Å². The van der Waals surface area contributed by atoms with E-state index in [2.05, 4.69) is 107 Å². The van der Waals surface area contributed by atoms with Crippen LogP contribution in [-0.4, -0.2) is 61.2 Å². The highest BCUT2D eigenvalue weighted by atomic mass is 16.1. The van der Waals surface area contributed by atoms with Gasteiger partial charge in [0, 0.05) is 38.3 Å². The van der Waals surface area contributed by atoms with Gasteiger partial charge in [0.1, 0.15) is 6.04 Å². The smallest absolute Gasteiger partial charge is 0.253 e. The van der Waals surface area contributed by atoms with Gasteiger partial charge in [-0.25, -0.2) is 4.68 Å². The lowest BCUT2D eigenvalue weighted by Gasteiger charge is -2.39. The summed E-state index contributed by atoms with van der Waals surface area (Å²) in [7, 11) is 0. The first-order chi connectivity index (χ1) is 17.8. The number of aromatic amines is 1. The van der Waals surface area contributed by atoms with Crippen LogP contribution in [0, 0.1) is 13.8 Å². The number of hydrogen-bond acceptors (Lipinski definition) is 6. The maximum Gasteiger partial charge on any atom is 0.253 e. The van der Waals surface area contributed by atoms with Crippen molar-refractivity contribution in [3.63, 3.8) is 0 Å². The van der Waals surface area contributed by atoms with Gasteiger partial charge in [0.25, 0.3) is 5.56 Å². The fourth-order valence-electron chi connectivity index (χ4n) is 5.21. The molecule has 1 aliphatic heterocycles. The molecule has 0 aliphatic carbocycles. The van der Waals surface area contributed by atoms with E-state index in [1.54, 1.807) is 0 Å². The monoisotopic (exact) mass is 499 g/mol. The van der Waals surface area contributed by atoms with Crippen LogP contribution in [0.3, 0.4) is 0 Å². The first kappa shape index (κ1) is 25.3. The topological polar surface area (TPSA) is 82.9 Å². The lowest BCUT2D eigenvalue weighted by molar-refractivity contribution is 0.0968. The van der Waals surface area contributed by atoms with Crippen molar-refractivity contribution >= 4 is 10.9 Å². The van der Waals surface area contributed by atoms with Gasteiger partial charge < -0.3 is 4.98 Å². The molecule has 0 bridgehead atoms. The Bertz CT molecular complexity index is 1430. The van der Waals surface area contributed by atoms with E-state index >= 15 is 0 Å². The van der Waals surface area contributed by atoms with Gasteiger partial charge in [0.05, 0.1) is 11.1 Å². The quantitative estimate of drug-likeness (QED) is 0.411. The minimum atomic E-state index is -0.338. The van der Waals surface area contributed by atoms with Gasteiger partial charge >= 0.3 is 0 Å². The van der Waals surface area contributed by atoms with Gasteiger partial charge in [-0.3, -0.25) is 14.6 Å². The molecule has 0 radical (unpaired) electrons. The second-order valence-electron chi connectivity index (χ2n) is 10.8. The highest BCUT2D eigenvalue weighted by molar-refractivity contribution is 5.83. The molecule has 8 heteroatoms. The molecule has 1 atom stereocenters. The first-order valence-corrected chi connectivity index (χ1v) is 13.2. The number of fused-ring (bicyclic) bond motifs is 1. The Hall–Kier alpha value is -3.36. The van der Waals surface area contributed by atoms with E-state index in [1.165, 1.54) is 5.56 Å². The van der Waals surface area contributed by atoms with Crippen molar-refractivity contribution in [1.29, 1.82) is 0 Å². The summed E-state index contributed by atoms with van der Waals surface area (Å²) in [4.78, 5) is 21.7. The third-order valence-electron chi connectivity index (χ3n) is 8.07. The SMILES string of the molecule is CCC(C)(C)n1nnnc1[C@@H](c1cc2ccc(C)c(C)c2[nH]c1=O)N1CCN(Cc2ccccc2)CC1. The Kier molecular flexibility index (Phi) is 6.96. The van der Waals surface area contributed by atoms with Crippen LogP contribution >= 0.6 is 0 Å². The molecule has 2 aromatic carbocycles. The maximum atomic E-state index is 13.6. The summed E-state index contributed by atoms with van der Waals surface area (Å²) in [6.45, 7) is 14.9. The van der Waals surface area contributed by atoms with E-state index in [1.807, 2.05) is 10.7 Å². The van der Waals surface area contributed by atoms with Crippen LogP contribution in [0.1, 0.15) is 61.3 Å². The van der Waals surface area contributed by atoms with Gasteiger partial charge in [-0.2, -0.15) is 0 Å². The van der Waals surface area contributed by atoms with Gasteiger partial charge in [0.15, 0.2) is 5.82 Å². The van der Waals surface area contributed by atoms with E-state index in [-0.39, 0.29) is 17.1 Å². The molecule has 1 aliphatic rings. The molecule has 0 amide bonds. The molecule has 3 heterocycles. The zero-order chi connectivity index (χ0) is 26.2. The number of benzene rings is 2. The van der Waals surface area contributed by atoms with E-state index < -0.39 is 0 Å². The molecule has 0 saturated carbocycles. The normalized spacial score (nSPS) is 16.4. The number of hydrogen-bond donors (Lipinski definition) is 1. The molecule has 0 spiro atoms. The van der Waals surface area contributed by atoms with E-state index in [9.17, 15) is 4.79 Å². The number of pyridine rings is 1. The molecule has 37 heavy (non-hydrogen) atoms. The Morgan fingerprint density at radius 3 is 2.46 bits per heavy atom. The number of tetrazole rings is 1. The molecule has 2 aromatic heterocycles. The number of rotatable bonds is 7. The Labute approximate surface area is 218 Å². The summed E-state index contributed by atoms with van der Waals surface area (Å²) in [6.07, 6.45) is 0.870. The van der Waals surface area contributed by atoms with Gasteiger partial charge in [-0.15, -0.1) is 5.10 Å². The number of nitrogens with one attached hydrogen (secondary N) is 1. The molecular formula is C29H37N7O. The fourth-order valence-corrected chi connectivity index (χ4v) is 5.21. The lowest BCUT2D eigenvalue weighted by Crippen LogP contribution is -2.49. The summed E-state index contributed by atoms with van der Waals surface area (Å²) < 4.78 is 1.91. The molecule has 1 N–H and O–H groups in total. The number of aryl methyl sites for hydroxylation is 2. The second-order valence-corrected chi connectivity index (χ2v) is 10.8. The average molecular weight is 500 g/mol. The van der Waals surface area contributed by atoms with Gasteiger partial charge in [-0.1, -0.05) is 49.4 Å². The Morgan fingerprint density at radius 2 is 1.76 bits per heavy atom. The molecular weight excluding hydrogens is 462 g/mol. The molecule has 8 nitrogen and oxygen atoms in total. The van der Waals surface area contributed by atoms with Gasteiger partial charge in [-0.05, 0) is 72.7 Å². The Balaban J connectivity index is 1.54. The second kappa shape index (κ2) is 10.2. The Morgan fingerprint density at radius 1 is 1.03 bits per heavy atom. The lowest BCUT2D eigenvalue weighted by atomic mass is 9.97. The largest absolute Gasteiger partial charge is 0.321 e. The molecule has 0 unspecified atom stereocenters. The number of aromatic nitrogens is 5. The minimum absolute atomic E-state index is 0.0817. The van der Waals surface area contributed by atoms with Crippen molar-refractivity contribution in [2.24, 2.45) is 0 Å². The molecule has 194 valence electrons. The molecule has 1 saturated heterocycles. The average Bonchev–Trinajstić information content (AvgIpc) is 3.39. The molecule has 1 fully saturated rings. The summed E-state index contributed by atoms with van der Waals surface area (Å²) >= 11 is 0. The van der Waals surface area contributed by atoms with Crippen LogP contribution in [0.25, 0.3) is 10.9 Å². The van der Waals surface area contributed by atoms with Crippen molar-refractivity contribution in [2.75, 3.05) is 26.2 Å². The molecule has 4 aromatic rings. The van der Waals surface area contributed by atoms with Crippen LogP contribution in [0.4, 0.5) is 0 Å². The number of H-pyrrole nitrogens is 1. The van der Waals surface area contributed by atoms with E-state index in [0.717, 1.165) is 67.0 Å². The maximum absolute atomic E-state index is 13.6. The first-order valence-electron chi connectivity index (χ1n) is 13.2. The standard InChI is InChI=1S/C29H37N7O/c1-6-29(4,5)36-27(31-32-33-36)26(24-18-23-13-12-20(2)21(3)25(23)30-28(24)37)35-16-14-34(15-17-35)19-22-10-8-7-9-11-22/h7-13,18,26H,6,14-17,19H2,1-5H3,(H,30,37)/t26-/m1/s1. The van der Waals surface area contributed by atoms with Crippen molar-refractivity contribution < 1.29 is 0 Å². The zero-order valence-corrected chi connectivity index (χ0v) is 22.5. The fraction of sp³-hybridized carbons (Fsp3) is 0.448. The van der Waals surface area contributed by atoms with Crippen molar-refractivity contribution in [3.8, 4) is 0 Å². The minimum Gasteiger partial charge on any atom is -0.321 e. The molecule has 5 rings (SSSR count). The number of nitrogens with zero attached hydrogens (tertiary/aromatic N) is 6.